The number of nitrogens with zero attached hydrogens (tertiary/aromatic N) is 2. The summed E-state index contributed by atoms with van der Waals surface area (Å²) in [5, 5.41) is 4.34. The van der Waals surface area contributed by atoms with Gasteiger partial charge in [0.2, 0.25) is 0 Å². The minimum atomic E-state index is 0.746. The van der Waals surface area contributed by atoms with Crippen molar-refractivity contribution >= 4 is 18.7 Å². The van der Waals surface area contributed by atoms with Crippen LogP contribution in [0, 0.1) is 6.92 Å². The Labute approximate surface area is 101 Å². The number of para-hydroxylation sites is 1. The van der Waals surface area contributed by atoms with Gasteiger partial charge in [-0.15, -0.1) is 0 Å². The van der Waals surface area contributed by atoms with Crippen LogP contribution in [0.25, 0.3) is 11.8 Å². The molecule has 0 saturated carbocycles. The maximum absolute atomic E-state index is 4.34. The van der Waals surface area contributed by atoms with Crippen molar-refractivity contribution in [2.45, 2.75) is 6.92 Å². The quantitative estimate of drug-likeness (QED) is 0.802. The standard InChI is InChI=1S/C13H14N2S/c1-11-5-2-3-7-13(11)15-10-12(9-14-15)6-4-8-16/h2-7,9-10,16H,8H2,1H3. The molecule has 0 fully saturated rings. The van der Waals surface area contributed by atoms with E-state index in [4.69, 9.17) is 0 Å². The molecule has 0 spiro atoms. The van der Waals surface area contributed by atoms with Crippen LogP contribution in [0.4, 0.5) is 0 Å². The number of hydrogen-bond donors (Lipinski definition) is 1. The minimum Gasteiger partial charge on any atom is -0.240 e. The van der Waals surface area contributed by atoms with Crippen LogP contribution in [0.2, 0.25) is 0 Å². The molecule has 0 saturated heterocycles. The lowest BCUT2D eigenvalue weighted by Gasteiger charge is -2.03. The van der Waals surface area contributed by atoms with Gasteiger partial charge in [0.15, 0.2) is 0 Å². The fourth-order valence-electron chi connectivity index (χ4n) is 1.56. The van der Waals surface area contributed by atoms with Crippen molar-refractivity contribution in [3.63, 3.8) is 0 Å². The summed E-state index contributed by atoms with van der Waals surface area (Å²) < 4.78 is 1.90. The van der Waals surface area contributed by atoms with Crippen molar-refractivity contribution in [3.8, 4) is 5.69 Å². The van der Waals surface area contributed by atoms with E-state index in [1.165, 1.54) is 5.56 Å². The van der Waals surface area contributed by atoms with Crippen LogP contribution in [0.1, 0.15) is 11.1 Å². The summed E-state index contributed by atoms with van der Waals surface area (Å²) >= 11 is 4.13. The van der Waals surface area contributed by atoms with Crippen LogP contribution >= 0.6 is 12.6 Å². The van der Waals surface area contributed by atoms with Crippen LogP contribution in [0.3, 0.4) is 0 Å². The molecule has 0 unspecified atom stereocenters. The van der Waals surface area contributed by atoms with Crippen molar-refractivity contribution < 1.29 is 0 Å². The molecular weight excluding hydrogens is 216 g/mol. The highest BCUT2D eigenvalue weighted by molar-refractivity contribution is 7.80. The number of aryl methyl sites for hydroxylation is 1. The second kappa shape index (κ2) is 5.03. The monoisotopic (exact) mass is 230 g/mol. The zero-order chi connectivity index (χ0) is 11.4. The maximum Gasteiger partial charge on any atom is 0.0674 e. The Morgan fingerprint density at radius 2 is 2.19 bits per heavy atom. The van der Waals surface area contributed by atoms with E-state index in [0.29, 0.717) is 0 Å². The molecule has 16 heavy (non-hydrogen) atoms. The Morgan fingerprint density at radius 3 is 2.94 bits per heavy atom. The largest absolute Gasteiger partial charge is 0.240 e. The fourth-order valence-corrected chi connectivity index (χ4v) is 1.67. The Hall–Kier alpha value is -1.48. The average molecular weight is 230 g/mol. The molecule has 0 bridgehead atoms. The molecule has 1 heterocycles. The van der Waals surface area contributed by atoms with Crippen molar-refractivity contribution in [3.05, 3.63) is 53.9 Å². The third-order valence-corrected chi connectivity index (χ3v) is 2.59. The van der Waals surface area contributed by atoms with Crippen LogP contribution in [-0.2, 0) is 0 Å². The van der Waals surface area contributed by atoms with Crippen molar-refractivity contribution in [2.24, 2.45) is 0 Å². The lowest BCUT2D eigenvalue weighted by molar-refractivity contribution is 0.873. The summed E-state index contributed by atoms with van der Waals surface area (Å²) in [6.45, 7) is 2.08. The van der Waals surface area contributed by atoms with E-state index in [0.717, 1.165) is 17.0 Å². The van der Waals surface area contributed by atoms with Gasteiger partial charge in [0.1, 0.15) is 0 Å². The van der Waals surface area contributed by atoms with E-state index in [1.54, 1.807) is 0 Å². The molecule has 0 amide bonds. The van der Waals surface area contributed by atoms with Crippen molar-refractivity contribution in [1.82, 2.24) is 9.78 Å². The van der Waals surface area contributed by atoms with Crippen LogP contribution < -0.4 is 0 Å². The molecule has 0 N–H and O–H groups in total. The normalized spacial score (nSPS) is 11.1. The molecule has 0 aliphatic carbocycles. The molecule has 2 rings (SSSR count). The predicted molar refractivity (Wildman–Crippen MR) is 71.2 cm³/mol. The summed E-state index contributed by atoms with van der Waals surface area (Å²) in [5.74, 6) is 0.746. The van der Waals surface area contributed by atoms with Gasteiger partial charge in [-0.25, -0.2) is 4.68 Å². The highest BCUT2D eigenvalue weighted by Gasteiger charge is 2.00. The number of thiol groups is 1. The molecule has 0 aliphatic rings. The van der Waals surface area contributed by atoms with Gasteiger partial charge in [-0.3, -0.25) is 0 Å². The van der Waals surface area contributed by atoms with Crippen molar-refractivity contribution in [1.29, 1.82) is 0 Å². The number of hydrogen-bond acceptors (Lipinski definition) is 2. The summed E-state index contributed by atoms with van der Waals surface area (Å²) in [6, 6.07) is 8.20. The lowest BCUT2D eigenvalue weighted by atomic mass is 10.2. The molecule has 2 nitrogen and oxygen atoms in total. The fraction of sp³-hybridized carbons (Fsp3) is 0.154. The van der Waals surface area contributed by atoms with E-state index in [9.17, 15) is 0 Å². The maximum atomic E-state index is 4.34. The highest BCUT2D eigenvalue weighted by atomic mass is 32.1. The molecular formula is C13H14N2S. The molecule has 1 aromatic carbocycles. The predicted octanol–water partition coefficient (Wildman–Crippen LogP) is 3.12. The first-order valence-electron chi connectivity index (χ1n) is 5.19. The SMILES string of the molecule is Cc1ccccc1-n1cc(C=CCS)cn1. The van der Waals surface area contributed by atoms with Gasteiger partial charge < -0.3 is 0 Å². The van der Waals surface area contributed by atoms with Crippen LogP contribution in [0.15, 0.2) is 42.7 Å². The Kier molecular flexibility index (Phi) is 3.47. The summed E-state index contributed by atoms with van der Waals surface area (Å²) in [6.07, 6.45) is 7.89. The van der Waals surface area contributed by atoms with E-state index in [2.05, 4.69) is 36.8 Å². The first kappa shape index (κ1) is 11.0. The zero-order valence-electron chi connectivity index (χ0n) is 9.17. The van der Waals surface area contributed by atoms with E-state index < -0.39 is 0 Å². The van der Waals surface area contributed by atoms with Crippen LogP contribution in [0.5, 0.6) is 0 Å². The topological polar surface area (TPSA) is 17.8 Å². The second-order valence-electron chi connectivity index (χ2n) is 3.59. The Morgan fingerprint density at radius 1 is 1.38 bits per heavy atom. The number of benzene rings is 1. The lowest BCUT2D eigenvalue weighted by Crippen LogP contribution is -1.96. The van der Waals surface area contributed by atoms with Gasteiger partial charge in [0, 0.05) is 17.5 Å². The van der Waals surface area contributed by atoms with Crippen LogP contribution in [-0.4, -0.2) is 15.5 Å². The first-order valence-corrected chi connectivity index (χ1v) is 5.82. The van der Waals surface area contributed by atoms with Gasteiger partial charge in [-0.05, 0) is 18.6 Å². The summed E-state index contributed by atoms with van der Waals surface area (Å²) in [5.41, 5.74) is 3.43. The van der Waals surface area contributed by atoms with Gasteiger partial charge in [-0.1, -0.05) is 30.4 Å². The summed E-state index contributed by atoms with van der Waals surface area (Å²) in [4.78, 5) is 0. The zero-order valence-corrected chi connectivity index (χ0v) is 10.1. The van der Waals surface area contributed by atoms with Gasteiger partial charge in [0.05, 0.1) is 11.9 Å². The van der Waals surface area contributed by atoms with E-state index in [1.807, 2.05) is 41.4 Å². The van der Waals surface area contributed by atoms with Gasteiger partial charge in [0.25, 0.3) is 0 Å². The molecule has 3 heteroatoms. The molecule has 0 radical (unpaired) electrons. The second-order valence-corrected chi connectivity index (χ2v) is 3.95. The molecule has 0 aliphatic heterocycles. The Balaban J connectivity index is 2.32. The van der Waals surface area contributed by atoms with Gasteiger partial charge in [-0.2, -0.15) is 17.7 Å². The average Bonchev–Trinajstić information content (AvgIpc) is 2.75. The van der Waals surface area contributed by atoms with Crippen molar-refractivity contribution in [2.75, 3.05) is 5.75 Å². The smallest absolute Gasteiger partial charge is 0.0674 e. The van der Waals surface area contributed by atoms with Gasteiger partial charge >= 0.3 is 0 Å². The first-order chi connectivity index (χ1) is 7.81. The molecule has 1 aromatic heterocycles. The molecule has 82 valence electrons. The third-order valence-electron chi connectivity index (χ3n) is 2.38. The summed E-state index contributed by atoms with van der Waals surface area (Å²) in [7, 11) is 0. The number of aromatic nitrogens is 2. The number of rotatable bonds is 3. The third kappa shape index (κ3) is 2.36. The minimum absolute atomic E-state index is 0.746. The molecule has 0 atom stereocenters. The molecule has 2 aromatic rings. The van der Waals surface area contributed by atoms with E-state index >= 15 is 0 Å². The van der Waals surface area contributed by atoms with E-state index in [-0.39, 0.29) is 0 Å². The highest BCUT2D eigenvalue weighted by Crippen LogP contribution is 2.13. The Bertz CT molecular complexity index is 500.